The number of carbonyl (C=O) groups is 2. The molecule has 1 N–H and O–H groups in total. The lowest BCUT2D eigenvalue weighted by Crippen LogP contribution is -2.17. The Kier molecular flexibility index (Phi) is 7.32. The van der Waals surface area contributed by atoms with Crippen molar-refractivity contribution in [2.24, 2.45) is 7.05 Å². The second kappa shape index (κ2) is 10.2. The van der Waals surface area contributed by atoms with Gasteiger partial charge in [0.25, 0.3) is 0 Å². The van der Waals surface area contributed by atoms with Gasteiger partial charge in [0.15, 0.2) is 11.0 Å². The van der Waals surface area contributed by atoms with Gasteiger partial charge in [0, 0.05) is 27.7 Å². The monoisotopic (exact) mass is 490 g/mol. The van der Waals surface area contributed by atoms with Gasteiger partial charge in [-0.2, -0.15) is 0 Å². The first-order chi connectivity index (χ1) is 15.5. The molecule has 0 bridgehead atoms. The van der Waals surface area contributed by atoms with E-state index in [0.717, 1.165) is 49.1 Å². The summed E-state index contributed by atoms with van der Waals surface area (Å²) in [5, 5.41) is 14.8. The minimum Gasteiger partial charge on any atom is -0.462 e. The molecule has 10 heteroatoms. The maximum Gasteiger partial charge on any atom is 0.341 e. The number of thiophene rings is 2. The van der Waals surface area contributed by atoms with Crippen molar-refractivity contribution in [2.45, 2.75) is 51.1 Å². The average Bonchev–Trinajstić information content (AvgIpc) is 3.39. The molecule has 0 saturated carbocycles. The number of ether oxygens (including phenoxy) is 1. The highest BCUT2D eigenvalue weighted by atomic mass is 32.2. The molecule has 3 aromatic heterocycles. The maximum absolute atomic E-state index is 12.8. The number of amides is 1. The lowest BCUT2D eigenvalue weighted by atomic mass is 10.1. The van der Waals surface area contributed by atoms with E-state index in [-0.39, 0.29) is 17.6 Å². The molecule has 0 spiro atoms. The summed E-state index contributed by atoms with van der Waals surface area (Å²) in [6.45, 7) is 4.16. The Bertz CT molecular complexity index is 1130. The van der Waals surface area contributed by atoms with Crippen LogP contribution in [-0.2, 0) is 29.4 Å². The number of fused-ring (bicyclic) bond motifs is 1. The van der Waals surface area contributed by atoms with E-state index in [0.29, 0.717) is 22.3 Å². The number of nitrogens with one attached hydrogen (secondary N) is 1. The Hall–Kier alpha value is -2.17. The van der Waals surface area contributed by atoms with Gasteiger partial charge in [-0.25, -0.2) is 4.79 Å². The second-order valence-electron chi connectivity index (χ2n) is 7.64. The van der Waals surface area contributed by atoms with Crippen LogP contribution >= 0.6 is 34.4 Å². The number of nitrogens with zero attached hydrogens (tertiary/aromatic N) is 3. The van der Waals surface area contributed by atoms with Crippen LogP contribution in [0.5, 0.6) is 0 Å². The summed E-state index contributed by atoms with van der Waals surface area (Å²) in [5.41, 5.74) is 2.62. The molecule has 0 atom stereocenters. The molecule has 0 saturated heterocycles. The first-order valence-electron chi connectivity index (χ1n) is 10.7. The number of thioether (sulfide) groups is 1. The van der Waals surface area contributed by atoms with E-state index < -0.39 is 0 Å². The number of hydrogen-bond acceptors (Lipinski definition) is 8. The summed E-state index contributed by atoms with van der Waals surface area (Å²) in [7, 11) is 1.90. The molecule has 0 aliphatic heterocycles. The fraction of sp³-hybridized carbons (Fsp3) is 0.455. The molecule has 32 heavy (non-hydrogen) atoms. The van der Waals surface area contributed by atoms with Crippen LogP contribution in [0.4, 0.5) is 5.00 Å². The van der Waals surface area contributed by atoms with Crippen molar-refractivity contribution in [1.82, 2.24) is 14.8 Å². The molecule has 1 aliphatic rings. The van der Waals surface area contributed by atoms with Crippen molar-refractivity contribution in [2.75, 3.05) is 17.7 Å². The van der Waals surface area contributed by atoms with Gasteiger partial charge >= 0.3 is 5.97 Å². The van der Waals surface area contributed by atoms with Crippen LogP contribution in [0.1, 0.15) is 51.9 Å². The molecule has 170 valence electrons. The molecule has 3 aromatic rings. The minimum absolute atomic E-state index is 0.173. The molecule has 0 radical (unpaired) electrons. The minimum atomic E-state index is -0.348. The lowest BCUT2D eigenvalue weighted by Gasteiger charge is -2.08. The zero-order chi connectivity index (χ0) is 22.7. The molecular formula is C22H26N4O3S3. The van der Waals surface area contributed by atoms with Gasteiger partial charge in [0.1, 0.15) is 5.00 Å². The van der Waals surface area contributed by atoms with E-state index in [1.165, 1.54) is 32.9 Å². The van der Waals surface area contributed by atoms with Crippen molar-refractivity contribution in [3.05, 3.63) is 32.3 Å². The summed E-state index contributed by atoms with van der Waals surface area (Å²) in [5.74, 6) is 0.440. The summed E-state index contributed by atoms with van der Waals surface area (Å²) in [4.78, 5) is 27.8. The summed E-state index contributed by atoms with van der Waals surface area (Å²) in [6.07, 6.45) is 5.12. The Labute approximate surface area is 199 Å². The van der Waals surface area contributed by atoms with Crippen molar-refractivity contribution < 1.29 is 14.3 Å². The smallest absolute Gasteiger partial charge is 0.341 e. The molecule has 1 aliphatic carbocycles. The number of anilines is 1. The van der Waals surface area contributed by atoms with E-state index >= 15 is 0 Å². The van der Waals surface area contributed by atoms with Crippen LogP contribution in [0, 0.1) is 6.92 Å². The van der Waals surface area contributed by atoms with Crippen molar-refractivity contribution in [3.8, 4) is 11.4 Å². The topological polar surface area (TPSA) is 86.1 Å². The molecule has 4 rings (SSSR count). The van der Waals surface area contributed by atoms with Gasteiger partial charge in [-0.1, -0.05) is 18.2 Å². The van der Waals surface area contributed by atoms with Crippen LogP contribution in [-0.4, -0.2) is 39.0 Å². The molecular weight excluding hydrogens is 464 g/mol. The predicted octanol–water partition coefficient (Wildman–Crippen LogP) is 5.09. The predicted molar refractivity (Wildman–Crippen MR) is 130 cm³/mol. The van der Waals surface area contributed by atoms with E-state index in [4.69, 9.17) is 4.74 Å². The fourth-order valence-electron chi connectivity index (χ4n) is 3.80. The zero-order valence-corrected chi connectivity index (χ0v) is 20.8. The Morgan fingerprint density at radius 2 is 2.06 bits per heavy atom. The highest BCUT2D eigenvalue weighted by Gasteiger charge is 2.26. The van der Waals surface area contributed by atoms with Crippen molar-refractivity contribution in [1.29, 1.82) is 0 Å². The van der Waals surface area contributed by atoms with Gasteiger partial charge in [0.2, 0.25) is 5.91 Å². The van der Waals surface area contributed by atoms with Gasteiger partial charge in [0.05, 0.1) is 17.9 Å². The quantitative estimate of drug-likeness (QED) is 0.282. The first kappa shape index (κ1) is 23.0. The van der Waals surface area contributed by atoms with E-state index in [2.05, 4.69) is 33.9 Å². The van der Waals surface area contributed by atoms with Crippen LogP contribution in [0.25, 0.3) is 11.4 Å². The largest absolute Gasteiger partial charge is 0.462 e. The highest BCUT2D eigenvalue weighted by Crippen LogP contribution is 2.38. The maximum atomic E-state index is 12.8. The summed E-state index contributed by atoms with van der Waals surface area (Å²) in [6, 6.07) is 2.08. The average molecular weight is 491 g/mol. The molecule has 1 amide bonds. The molecule has 0 unspecified atom stereocenters. The van der Waals surface area contributed by atoms with Crippen LogP contribution in [0.3, 0.4) is 0 Å². The number of rotatable bonds is 7. The highest BCUT2D eigenvalue weighted by molar-refractivity contribution is 7.99. The standard InChI is InChI=1S/C22H26N4O3S3/c1-4-29-21(28)18-15-8-6-5-7-9-16(15)32-20(18)23-17(27)12-31-22-25-24-19(26(22)3)14-10-13(2)30-11-14/h10-11H,4-9,12H2,1-3H3,(H,23,27). The molecule has 3 heterocycles. The number of hydrogen-bond donors (Lipinski definition) is 1. The Morgan fingerprint density at radius 1 is 1.25 bits per heavy atom. The van der Waals surface area contributed by atoms with E-state index in [1.54, 1.807) is 18.3 Å². The lowest BCUT2D eigenvalue weighted by molar-refractivity contribution is -0.113. The number of aryl methyl sites for hydroxylation is 2. The summed E-state index contributed by atoms with van der Waals surface area (Å²) < 4.78 is 7.20. The Morgan fingerprint density at radius 3 is 2.81 bits per heavy atom. The van der Waals surface area contributed by atoms with Crippen molar-refractivity contribution in [3.63, 3.8) is 0 Å². The van der Waals surface area contributed by atoms with Crippen molar-refractivity contribution >= 4 is 51.3 Å². The van der Waals surface area contributed by atoms with E-state index in [1.807, 2.05) is 11.6 Å². The van der Waals surface area contributed by atoms with Crippen LogP contribution in [0.2, 0.25) is 0 Å². The second-order valence-corrected chi connectivity index (χ2v) is 10.8. The van der Waals surface area contributed by atoms with E-state index in [9.17, 15) is 9.59 Å². The van der Waals surface area contributed by atoms with Crippen LogP contribution < -0.4 is 5.32 Å². The number of aromatic nitrogens is 3. The summed E-state index contributed by atoms with van der Waals surface area (Å²) >= 11 is 4.51. The van der Waals surface area contributed by atoms with Gasteiger partial charge < -0.3 is 14.6 Å². The molecule has 0 fully saturated rings. The third kappa shape index (κ3) is 4.92. The van der Waals surface area contributed by atoms with Gasteiger partial charge in [-0.15, -0.1) is 32.9 Å². The normalized spacial score (nSPS) is 13.5. The molecule has 0 aromatic carbocycles. The molecule has 7 nitrogen and oxygen atoms in total. The first-order valence-corrected chi connectivity index (χ1v) is 13.3. The Balaban J connectivity index is 1.47. The van der Waals surface area contributed by atoms with Gasteiger partial charge in [-0.3, -0.25) is 4.79 Å². The third-order valence-corrected chi connectivity index (χ3v) is 8.40. The van der Waals surface area contributed by atoms with Crippen LogP contribution in [0.15, 0.2) is 16.6 Å². The zero-order valence-electron chi connectivity index (χ0n) is 18.4. The third-order valence-electron chi connectivity index (χ3n) is 5.31. The number of esters is 1. The fourth-order valence-corrected chi connectivity index (χ4v) is 6.48. The SMILES string of the molecule is CCOC(=O)c1c(NC(=O)CSc2nnc(-c3csc(C)c3)n2C)sc2c1CCCCC2. The number of carbonyl (C=O) groups excluding carboxylic acids is 2. The van der Waals surface area contributed by atoms with Gasteiger partial charge in [-0.05, 0) is 51.2 Å².